The number of carbonyl (C=O) groups is 2. The molecule has 0 atom stereocenters. The molecule has 2 amide bonds. The summed E-state index contributed by atoms with van der Waals surface area (Å²) >= 11 is 0. The van der Waals surface area contributed by atoms with Crippen molar-refractivity contribution in [1.82, 2.24) is 21.0 Å². The summed E-state index contributed by atoms with van der Waals surface area (Å²) in [5.74, 6) is -1.35. The van der Waals surface area contributed by atoms with E-state index < -0.39 is 27.4 Å². The largest absolute Gasteiger partial charge is 0.290 e. The number of hydrogen-bond acceptors (Lipinski definition) is 6. The highest BCUT2D eigenvalue weighted by Crippen LogP contribution is 2.16. The fourth-order valence-corrected chi connectivity index (χ4v) is 4.12. The minimum Gasteiger partial charge on any atom is -0.280 e. The first-order valence-corrected chi connectivity index (χ1v) is 11.1. The number of benzene rings is 3. The predicted molar refractivity (Wildman–Crippen MR) is 121 cm³/mol. The van der Waals surface area contributed by atoms with Crippen LogP contribution in [0, 0.1) is 0 Å². The molecule has 4 rings (SSSR count). The quantitative estimate of drug-likeness (QED) is 0.332. The molecule has 0 aliphatic rings. The third-order valence-corrected chi connectivity index (χ3v) is 6.05. The van der Waals surface area contributed by atoms with Crippen molar-refractivity contribution in [3.63, 3.8) is 0 Å². The molecule has 0 saturated carbocycles. The van der Waals surface area contributed by atoms with Crippen LogP contribution < -0.4 is 21.1 Å². The molecule has 1 aromatic heterocycles. The lowest BCUT2D eigenvalue weighted by Crippen LogP contribution is -2.42. The normalized spacial score (nSPS) is 11.0. The van der Waals surface area contributed by atoms with Crippen LogP contribution >= 0.6 is 0 Å². The Hall–Kier alpha value is -4.51. The second kappa shape index (κ2) is 8.93. The zero-order valence-electron chi connectivity index (χ0n) is 16.9. The highest BCUT2D eigenvalue weighted by atomic mass is 32.2. The number of H-pyrrole nitrogens is 1. The van der Waals surface area contributed by atoms with E-state index in [1.165, 1.54) is 36.4 Å². The molecule has 0 spiro atoms. The summed E-state index contributed by atoms with van der Waals surface area (Å²) in [4.78, 5) is 36.8. The van der Waals surface area contributed by atoms with Crippen molar-refractivity contribution in [3.05, 3.63) is 100 Å². The number of amides is 2. The van der Waals surface area contributed by atoms with E-state index in [4.69, 9.17) is 0 Å². The van der Waals surface area contributed by atoms with Gasteiger partial charge in [-0.1, -0.05) is 36.4 Å². The Morgan fingerprint density at radius 2 is 1.36 bits per heavy atom. The highest BCUT2D eigenvalue weighted by Gasteiger charge is 2.16. The lowest BCUT2D eigenvalue weighted by molar-refractivity contribution is 0.0844. The third kappa shape index (κ3) is 4.72. The summed E-state index contributed by atoms with van der Waals surface area (Å²) in [5.41, 5.74) is 4.46. The Morgan fingerprint density at radius 1 is 0.758 bits per heavy atom. The van der Waals surface area contributed by atoms with Crippen LogP contribution in [0.5, 0.6) is 0 Å². The van der Waals surface area contributed by atoms with E-state index in [1.54, 1.807) is 42.5 Å². The van der Waals surface area contributed by atoms with Crippen molar-refractivity contribution in [2.45, 2.75) is 4.90 Å². The van der Waals surface area contributed by atoms with Crippen LogP contribution in [-0.2, 0) is 10.0 Å². The van der Waals surface area contributed by atoms with Gasteiger partial charge in [0.1, 0.15) is 0 Å². The smallest absolute Gasteiger partial charge is 0.280 e. The van der Waals surface area contributed by atoms with Crippen molar-refractivity contribution >= 4 is 38.3 Å². The fourth-order valence-electron chi connectivity index (χ4n) is 3.04. The topological polar surface area (TPSA) is 150 Å². The lowest BCUT2D eigenvalue weighted by atomic mass is 10.1. The van der Waals surface area contributed by atoms with E-state index in [-0.39, 0.29) is 27.2 Å². The Morgan fingerprint density at radius 3 is 2.06 bits per heavy atom. The summed E-state index contributed by atoms with van der Waals surface area (Å²) in [5, 5.41) is 6.63. The maximum Gasteiger partial charge on any atom is 0.290 e. The molecule has 166 valence electrons. The number of hydrazine groups is 1. The van der Waals surface area contributed by atoms with Gasteiger partial charge in [-0.2, -0.15) is 5.10 Å². The Kier molecular flexibility index (Phi) is 5.87. The molecule has 0 radical (unpaired) electrons. The summed E-state index contributed by atoms with van der Waals surface area (Å²) in [6.07, 6.45) is 0. The predicted octanol–water partition coefficient (Wildman–Crippen LogP) is 1.80. The Balaban J connectivity index is 1.42. The van der Waals surface area contributed by atoms with Crippen LogP contribution in [-0.4, -0.2) is 30.4 Å². The number of nitrogens with zero attached hydrogens (tertiary/aromatic N) is 1. The molecule has 10 nitrogen and oxygen atoms in total. The van der Waals surface area contributed by atoms with Crippen LogP contribution in [0.3, 0.4) is 0 Å². The second-order valence-corrected chi connectivity index (χ2v) is 8.53. The minimum atomic E-state index is -3.76. The van der Waals surface area contributed by atoms with Gasteiger partial charge in [0.05, 0.1) is 10.3 Å². The van der Waals surface area contributed by atoms with Crippen LogP contribution in [0.15, 0.2) is 88.6 Å². The zero-order chi connectivity index (χ0) is 23.4. The van der Waals surface area contributed by atoms with Crippen molar-refractivity contribution in [2.75, 3.05) is 4.72 Å². The molecule has 4 N–H and O–H groups in total. The zero-order valence-corrected chi connectivity index (χ0v) is 17.7. The molecule has 33 heavy (non-hydrogen) atoms. The van der Waals surface area contributed by atoms with Gasteiger partial charge in [0.25, 0.3) is 27.4 Å². The van der Waals surface area contributed by atoms with Crippen molar-refractivity contribution in [3.8, 4) is 0 Å². The second-order valence-electron chi connectivity index (χ2n) is 6.85. The molecule has 0 unspecified atom stereocenters. The lowest BCUT2D eigenvalue weighted by Gasteiger charge is -2.10. The average molecular weight is 463 g/mol. The summed E-state index contributed by atoms with van der Waals surface area (Å²) in [6.45, 7) is 0. The molecule has 3 aromatic carbocycles. The maximum absolute atomic E-state index is 12.5. The molecule has 1 heterocycles. The van der Waals surface area contributed by atoms with Crippen molar-refractivity contribution in [1.29, 1.82) is 0 Å². The first-order chi connectivity index (χ1) is 15.8. The van der Waals surface area contributed by atoms with Crippen LogP contribution in [0.4, 0.5) is 5.69 Å². The number of aromatic nitrogens is 2. The van der Waals surface area contributed by atoms with Crippen molar-refractivity contribution < 1.29 is 18.0 Å². The van der Waals surface area contributed by atoms with Crippen LogP contribution in [0.2, 0.25) is 0 Å². The monoisotopic (exact) mass is 463 g/mol. The van der Waals surface area contributed by atoms with Gasteiger partial charge >= 0.3 is 0 Å². The van der Waals surface area contributed by atoms with Gasteiger partial charge in [-0.15, -0.1) is 0 Å². The van der Waals surface area contributed by atoms with Crippen LogP contribution in [0.1, 0.15) is 20.8 Å². The van der Waals surface area contributed by atoms with Gasteiger partial charge in [0.15, 0.2) is 5.69 Å². The van der Waals surface area contributed by atoms with E-state index in [9.17, 15) is 22.8 Å². The fraction of sp³-hybridized carbons (Fsp3) is 0. The number of nitrogens with one attached hydrogen (secondary N) is 4. The van der Waals surface area contributed by atoms with Crippen LogP contribution in [0.25, 0.3) is 10.8 Å². The average Bonchev–Trinajstić information content (AvgIpc) is 2.83. The number of carbonyl (C=O) groups excluding carboxylic acids is 2. The molecule has 0 bridgehead atoms. The number of aromatic amines is 1. The van der Waals surface area contributed by atoms with E-state index in [2.05, 4.69) is 25.8 Å². The first kappa shape index (κ1) is 21.7. The third-order valence-electron chi connectivity index (χ3n) is 4.65. The van der Waals surface area contributed by atoms with Gasteiger partial charge in [-0.05, 0) is 42.5 Å². The SMILES string of the molecule is O=C(NNC(=O)c1n[nH]c(=O)c2ccccc12)c1ccc(NS(=O)(=O)c2ccccc2)cc1. The summed E-state index contributed by atoms with van der Waals surface area (Å²) in [6, 6.07) is 20.0. The van der Waals surface area contributed by atoms with Gasteiger partial charge in [-0.25, -0.2) is 13.5 Å². The molecule has 0 fully saturated rings. The van der Waals surface area contributed by atoms with Crippen molar-refractivity contribution in [2.24, 2.45) is 0 Å². The Labute approximate surface area is 187 Å². The van der Waals surface area contributed by atoms with Gasteiger partial charge in [0.2, 0.25) is 0 Å². The molecular formula is C22H17N5O5S. The number of hydrogen-bond donors (Lipinski definition) is 4. The van der Waals surface area contributed by atoms with E-state index in [0.717, 1.165) is 0 Å². The Bertz CT molecular complexity index is 1500. The molecular weight excluding hydrogens is 446 g/mol. The number of anilines is 1. The molecule has 4 aromatic rings. The number of fused-ring (bicyclic) bond motifs is 1. The molecule has 11 heteroatoms. The summed E-state index contributed by atoms with van der Waals surface area (Å²) < 4.78 is 27.2. The summed E-state index contributed by atoms with van der Waals surface area (Å²) in [7, 11) is -3.76. The van der Waals surface area contributed by atoms with Gasteiger partial charge < -0.3 is 0 Å². The standard InChI is InChI=1S/C22H17N5O5S/c28-20(24-26-22(30)19-17-8-4-5-9-18(17)21(29)25-23-19)14-10-12-15(13-11-14)27-33(31,32)16-6-2-1-3-7-16/h1-13,27H,(H,24,28)(H,25,29)(H,26,30). The minimum absolute atomic E-state index is 0.0591. The van der Waals surface area contributed by atoms with Gasteiger partial charge in [-0.3, -0.25) is 30.0 Å². The number of rotatable bonds is 5. The molecule has 0 aliphatic heterocycles. The first-order valence-electron chi connectivity index (χ1n) is 9.61. The maximum atomic E-state index is 12.5. The molecule has 0 saturated heterocycles. The highest BCUT2D eigenvalue weighted by molar-refractivity contribution is 7.92. The van der Waals surface area contributed by atoms with E-state index in [0.29, 0.717) is 5.39 Å². The van der Waals surface area contributed by atoms with E-state index in [1.807, 2.05) is 0 Å². The number of sulfonamides is 1. The molecule has 0 aliphatic carbocycles. The van der Waals surface area contributed by atoms with E-state index >= 15 is 0 Å². The van der Waals surface area contributed by atoms with Gasteiger partial charge in [0, 0.05) is 16.6 Å².